The largest absolute Gasteiger partial charge is 0.396 e. The molecule has 258 valence electrons. The third-order valence-corrected chi connectivity index (χ3v) is 11.0. The van der Waals surface area contributed by atoms with Gasteiger partial charge in [0.05, 0.1) is 16.9 Å². The van der Waals surface area contributed by atoms with Crippen LogP contribution in [0.5, 0.6) is 0 Å². The normalized spacial score (nSPS) is 11.9. The Balaban J connectivity index is 1.23. The SMILES string of the molecule is C=C(/C=C(/c1ccccc1)c1ccc2c(-c3ccccc3)cc(-c3cc4ccccc4c4ccccc34)nc2c1N)c1cc2ccccc2c2ccccc12. The highest BCUT2D eigenvalue weighted by Crippen LogP contribution is 2.42. The van der Waals surface area contributed by atoms with Gasteiger partial charge >= 0.3 is 0 Å². The molecule has 0 aliphatic carbocycles. The zero-order valence-corrected chi connectivity index (χ0v) is 30.2. The highest BCUT2D eigenvalue weighted by molar-refractivity contribution is 6.16. The van der Waals surface area contributed by atoms with E-state index < -0.39 is 0 Å². The Labute approximate surface area is 320 Å². The van der Waals surface area contributed by atoms with Crippen molar-refractivity contribution in [1.82, 2.24) is 4.98 Å². The quantitative estimate of drug-likeness (QED) is 0.107. The Morgan fingerprint density at radius 3 is 1.69 bits per heavy atom. The van der Waals surface area contributed by atoms with Crippen LogP contribution in [0.1, 0.15) is 16.7 Å². The second-order valence-electron chi connectivity index (χ2n) is 14.2. The third kappa shape index (κ3) is 5.55. The van der Waals surface area contributed by atoms with Gasteiger partial charge in [0.15, 0.2) is 0 Å². The minimum absolute atomic E-state index is 0.632. The minimum Gasteiger partial charge on any atom is -0.396 e. The Kier molecular flexibility index (Phi) is 7.82. The van der Waals surface area contributed by atoms with Crippen LogP contribution in [0.15, 0.2) is 201 Å². The number of hydrogen-bond acceptors (Lipinski definition) is 2. The van der Waals surface area contributed by atoms with E-state index in [1.54, 1.807) is 0 Å². The highest BCUT2D eigenvalue weighted by Gasteiger charge is 2.19. The smallest absolute Gasteiger partial charge is 0.0951 e. The van der Waals surface area contributed by atoms with Crippen molar-refractivity contribution < 1.29 is 0 Å². The molecule has 0 atom stereocenters. The number of hydrogen-bond donors (Lipinski definition) is 1. The van der Waals surface area contributed by atoms with Gasteiger partial charge in [0.25, 0.3) is 0 Å². The number of nitrogen functional groups attached to an aromatic ring is 1. The van der Waals surface area contributed by atoms with E-state index in [0.717, 1.165) is 66.5 Å². The zero-order valence-electron chi connectivity index (χ0n) is 30.2. The summed E-state index contributed by atoms with van der Waals surface area (Å²) in [5.74, 6) is 0. The molecule has 10 rings (SSSR count). The monoisotopic (exact) mass is 700 g/mol. The van der Waals surface area contributed by atoms with Crippen LogP contribution in [-0.4, -0.2) is 4.98 Å². The Morgan fingerprint density at radius 2 is 1.00 bits per heavy atom. The van der Waals surface area contributed by atoms with E-state index in [1.165, 1.54) is 37.7 Å². The van der Waals surface area contributed by atoms with Crippen LogP contribution < -0.4 is 5.73 Å². The number of nitrogens with zero attached hydrogens (tertiary/aromatic N) is 1. The standard InChI is InChI=1S/C53H36N2/c1-34(47-31-37-20-8-10-22-39(37)41-24-12-14-26-43(41)47)30-48(35-16-4-2-5-17-35)45-28-29-46-49(36-18-6-3-7-19-36)33-51(55-53(46)52(45)54)50-32-38-21-9-11-23-40(38)42-25-13-15-27-44(42)50/h2-33H,1,54H2/b48-30-. The summed E-state index contributed by atoms with van der Waals surface area (Å²) in [6, 6.07) is 66.5. The van der Waals surface area contributed by atoms with E-state index in [0.29, 0.717) is 5.69 Å². The lowest BCUT2D eigenvalue weighted by atomic mass is 9.88. The molecule has 2 heteroatoms. The Hall–Kier alpha value is -7.29. The van der Waals surface area contributed by atoms with Gasteiger partial charge in [-0.25, -0.2) is 4.98 Å². The molecule has 0 saturated heterocycles. The first-order valence-electron chi connectivity index (χ1n) is 18.7. The van der Waals surface area contributed by atoms with Gasteiger partial charge in [0.2, 0.25) is 0 Å². The molecule has 0 aliphatic rings. The molecule has 0 amide bonds. The van der Waals surface area contributed by atoms with Gasteiger partial charge in [-0.3, -0.25) is 0 Å². The van der Waals surface area contributed by atoms with E-state index in [2.05, 4.69) is 188 Å². The van der Waals surface area contributed by atoms with Crippen molar-refractivity contribution in [2.75, 3.05) is 5.73 Å². The first kappa shape index (κ1) is 32.4. The van der Waals surface area contributed by atoms with E-state index in [-0.39, 0.29) is 0 Å². The van der Waals surface area contributed by atoms with Crippen molar-refractivity contribution in [1.29, 1.82) is 0 Å². The third-order valence-electron chi connectivity index (χ3n) is 11.0. The van der Waals surface area contributed by atoms with Crippen molar-refractivity contribution in [3.05, 3.63) is 217 Å². The summed E-state index contributed by atoms with van der Waals surface area (Å²) in [7, 11) is 0. The lowest BCUT2D eigenvalue weighted by Gasteiger charge is -2.18. The fraction of sp³-hybridized carbons (Fsp3) is 0. The Morgan fingerprint density at radius 1 is 0.455 bits per heavy atom. The fourth-order valence-corrected chi connectivity index (χ4v) is 8.31. The number of rotatable bonds is 6. The molecule has 0 fully saturated rings. The van der Waals surface area contributed by atoms with Crippen molar-refractivity contribution >= 4 is 70.8 Å². The van der Waals surface area contributed by atoms with Crippen LogP contribution in [-0.2, 0) is 0 Å². The molecule has 0 spiro atoms. The summed E-state index contributed by atoms with van der Waals surface area (Å²) in [5.41, 5.74) is 17.9. The molecule has 10 aromatic rings. The van der Waals surface area contributed by atoms with Crippen LogP contribution in [0.25, 0.3) is 87.5 Å². The first-order chi connectivity index (χ1) is 27.1. The maximum Gasteiger partial charge on any atom is 0.0951 e. The summed E-state index contributed by atoms with van der Waals surface area (Å²) in [6.45, 7) is 4.69. The van der Waals surface area contributed by atoms with Gasteiger partial charge in [0.1, 0.15) is 0 Å². The molecular weight excluding hydrogens is 665 g/mol. The van der Waals surface area contributed by atoms with Crippen molar-refractivity contribution in [2.45, 2.75) is 0 Å². The second-order valence-corrected chi connectivity index (χ2v) is 14.2. The predicted octanol–water partition coefficient (Wildman–Crippen LogP) is 13.9. The number of anilines is 1. The van der Waals surface area contributed by atoms with Crippen LogP contribution >= 0.6 is 0 Å². The molecule has 9 aromatic carbocycles. The molecule has 2 N–H and O–H groups in total. The molecule has 0 saturated carbocycles. The van der Waals surface area contributed by atoms with Crippen molar-refractivity contribution in [2.24, 2.45) is 0 Å². The van der Waals surface area contributed by atoms with Gasteiger partial charge < -0.3 is 5.73 Å². The maximum absolute atomic E-state index is 7.40. The van der Waals surface area contributed by atoms with Gasteiger partial charge in [-0.05, 0) is 101 Å². The van der Waals surface area contributed by atoms with E-state index >= 15 is 0 Å². The van der Waals surface area contributed by atoms with Crippen LogP contribution in [0.4, 0.5) is 5.69 Å². The molecular formula is C53H36N2. The lowest BCUT2D eigenvalue weighted by molar-refractivity contribution is 1.40. The predicted molar refractivity (Wildman–Crippen MR) is 236 cm³/mol. The highest BCUT2D eigenvalue weighted by atomic mass is 14.7. The molecule has 0 radical (unpaired) electrons. The number of benzene rings is 9. The number of nitrogens with two attached hydrogens (primary N) is 1. The van der Waals surface area contributed by atoms with E-state index in [9.17, 15) is 0 Å². The van der Waals surface area contributed by atoms with Gasteiger partial charge in [0, 0.05) is 16.5 Å². The Bertz CT molecular complexity index is 3160. The summed E-state index contributed by atoms with van der Waals surface area (Å²) in [5, 5.41) is 10.6. The number of allylic oxidation sites excluding steroid dienone is 2. The lowest BCUT2D eigenvalue weighted by Crippen LogP contribution is -2.01. The van der Waals surface area contributed by atoms with Crippen LogP contribution in [0, 0.1) is 0 Å². The van der Waals surface area contributed by atoms with E-state index in [1.807, 2.05) is 6.07 Å². The number of aromatic nitrogens is 1. The summed E-state index contributed by atoms with van der Waals surface area (Å²) in [6.07, 6.45) is 2.20. The number of fused-ring (bicyclic) bond motifs is 7. The average Bonchev–Trinajstić information content (AvgIpc) is 3.25. The zero-order chi connectivity index (χ0) is 36.9. The molecule has 0 bridgehead atoms. The second kappa shape index (κ2) is 13.3. The van der Waals surface area contributed by atoms with E-state index in [4.69, 9.17) is 17.3 Å². The summed E-state index contributed by atoms with van der Waals surface area (Å²) >= 11 is 0. The summed E-state index contributed by atoms with van der Waals surface area (Å²) < 4.78 is 0. The topological polar surface area (TPSA) is 38.9 Å². The van der Waals surface area contributed by atoms with Gasteiger partial charge in [-0.1, -0.05) is 176 Å². The molecule has 1 heterocycles. The molecule has 1 aromatic heterocycles. The summed E-state index contributed by atoms with van der Waals surface area (Å²) in [4.78, 5) is 5.46. The number of pyridine rings is 1. The molecule has 0 unspecified atom stereocenters. The van der Waals surface area contributed by atoms with Crippen LogP contribution in [0.2, 0.25) is 0 Å². The van der Waals surface area contributed by atoms with Crippen LogP contribution in [0.3, 0.4) is 0 Å². The first-order valence-corrected chi connectivity index (χ1v) is 18.7. The maximum atomic E-state index is 7.40. The fourth-order valence-electron chi connectivity index (χ4n) is 8.31. The minimum atomic E-state index is 0.632. The average molecular weight is 701 g/mol. The molecule has 2 nitrogen and oxygen atoms in total. The van der Waals surface area contributed by atoms with Crippen molar-refractivity contribution in [3.8, 4) is 22.4 Å². The molecule has 0 aliphatic heterocycles. The van der Waals surface area contributed by atoms with Gasteiger partial charge in [-0.15, -0.1) is 0 Å². The molecule has 55 heavy (non-hydrogen) atoms. The van der Waals surface area contributed by atoms with Crippen molar-refractivity contribution in [3.63, 3.8) is 0 Å². The van der Waals surface area contributed by atoms with Gasteiger partial charge in [-0.2, -0.15) is 0 Å².